The number of hydrogen-bond acceptors (Lipinski definition) is 2. The molecule has 0 bridgehead atoms. The van der Waals surface area contributed by atoms with E-state index in [1.807, 2.05) is 12.1 Å². The molecule has 2 heteroatoms. The van der Waals surface area contributed by atoms with Crippen LogP contribution in [0.25, 0.3) is 65.4 Å². The molecule has 0 saturated heterocycles. The number of furan rings is 1. The summed E-state index contributed by atoms with van der Waals surface area (Å²) in [5.74, 6) is 0. The van der Waals surface area contributed by atoms with Gasteiger partial charge >= 0.3 is 0 Å². The summed E-state index contributed by atoms with van der Waals surface area (Å²) in [4.78, 5) is 2.39. The van der Waals surface area contributed by atoms with E-state index < -0.39 is 0 Å². The third-order valence-electron chi connectivity index (χ3n) is 8.80. The van der Waals surface area contributed by atoms with Crippen LogP contribution in [-0.4, -0.2) is 0 Å². The molecular formula is C42H27NO. The fourth-order valence-corrected chi connectivity index (χ4v) is 6.69. The van der Waals surface area contributed by atoms with E-state index in [9.17, 15) is 0 Å². The number of para-hydroxylation sites is 1. The summed E-state index contributed by atoms with van der Waals surface area (Å²) in [7, 11) is 0. The number of rotatable bonds is 4. The maximum absolute atomic E-state index is 6.28. The Morgan fingerprint density at radius 3 is 1.84 bits per heavy atom. The third-order valence-corrected chi connectivity index (χ3v) is 8.80. The summed E-state index contributed by atoms with van der Waals surface area (Å²) in [5, 5.41) is 9.50. The lowest BCUT2D eigenvalue weighted by Crippen LogP contribution is -2.10. The first-order chi connectivity index (χ1) is 21.8. The van der Waals surface area contributed by atoms with Gasteiger partial charge in [0.05, 0.1) is 5.69 Å². The van der Waals surface area contributed by atoms with Gasteiger partial charge in [0.1, 0.15) is 11.2 Å². The molecule has 9 aromatic rings. The van der Waals surface area contributed by atoms with Gasteiger partial charge in [-0.3, -0.25) is 0 Å². The first kappa shape index (κ1) is 24.7. The van der Waals surface area contributed by atoms with Crippen LogP contribution in [-0.2, 0) is 0 Å². The van der Waals surface area contributed by atoms with E-state index in [1.165, 1.54) is 38.1 Å². The third kappa shape index (κ3) is 3.96. The van der Waals surface area contributed by atoms with E-state index in [2.05, 4.69) is 157 Å². The molecule has 0 radical (unpaired) electrons. The van der Waals surface area contributed by atoms with E-state index in [4.69, 9.17) is 4.42 Å². The summed E-state index contributed by atoms with van der Waals surface area (Å²) in [5.41, 5.74) is 7.62. The summed E-state index contributed by atoms with van der Waals surface area (Å²) in [6, 6.07) is 58.7. The van der Waals surface area contributed by atoms with Gasteiger partial charge in [-0.25, -0.2) is 0 Å². The minimum atomic E-state index is 0.908. The minimum absolute atomic E-state index is 0.908. The molecule has 0 saturated carbocycles. The number of anilines is 3. The Balaban J connectivity index is 1.29. The SMILES string of the molecule is c1ccc(-c2ccc(N(c3ccc4ccccc4c3)c3ccc4cc5c(cc4c3)oc3ccccc35)c3ccccc23)cc1. The van der Waals surface area contributed by atoms with E-state index in [-0.39, 0.29) is 0 Å². The van der Waals surface area contributed by atoms with Crippen LogP contribution in [0.4, 0.5) is 17.1 Å². The van der Waals surface area contributed by atoms with Gasteiger partial charge in [0.25, 0.3) is 0 Å². The van der Waals surface area contributed by atoms with Gasteiger partial charge in [0, 0.05) is 27.5 Å². The Morgan fingerprint density at radius 1 is 0.364 bits per heavy atom. The number of benzene rings is 8. The lowest BCUT2D eigenvalue weighted by molar-refractivity contribution is 0.669. The van der Waals surface area contributed by atoms with Crippen LogP contribution in [0.1, 0.15) is 0 Å². The van der Waals surface area contributed by atoms with Crippen molar-refractivity contribution in [1.82, 2.24) is 0 Å². The Bertz CT molecular complexity index is 2510. The zero-order valence-electron chi connectivity index (χ0n) is 23.9. The van der Waals surface area contributed by atoms with Crippen LogP contribution < -0.4 is 4.90 Å². The highest BCUT2D eigenvalue weighted by Crippen LogP contribution is 2.43. The van der Waals surface area contributed by atoms with Crippen molar-refractivity contribution in [3.05, 3.63) is 164 Å². The molecule has 0 amide bonds. The normalized spacial score (nSPS) is 11.6. The van der Waals surface area contributed by atoms with Gasteiger partial charge in [-0.05, 0) is 86.6 Å². The molecule has 0 aliphatic heterocycles. The fourth-order valence-electron chi connectivity index (χ4n) is 6.69. The van der Waals surface area contributed by atoms with Crippen molar-refractivity contribution in [2.75, 3.05) is 4.90 Å². The van der Waals surface area contributed by atoms with Gasteiger partial charge in [0.15, 0.2) is 0 Å². The molecular weight excluding hydrogens is 534 g/mol. The first-order valence-electron chi connectivity index (χ1n) is 15.0. The second kappa shape index (κ2) is 9.86. The smallest absolute Gasteiger partial charge is 0.136 e. The molecule has 206 valence electrons. The summed E-state index contributed by atoms with van der Waals surface area (Å²) >= 11 is 0. The quantitative estimate of drug-likeness (QED) is 0.212. The highest BCUT2D eigenvalue weighted by Gasteiger charge is 2.18. The Kier molecular flexibility index (Phi) is 5.54. The second-order valence-corrected chi connectivity index (χ2v) is 11.4. The Labute approximate surface area is 255 Å². The van der Waals surface area contributed by atoms with Crippen molar-refractivity contribution in [3.63, 3.8) is 0 Å². The number of hydrogen-bond donors (Lipinski definition) is 0. The van der Waals surface area contributed by atoms with Crippen molar-refractivity contribution in [2.24, 2.45) is 0 Å². The molecule has 0 N–H and O–H groups in total. The summed E-state index contributed by atoms with van der Waals surface area (Å²) in [6.07, 6.45) is 0. The van der Waals surface area contributed by atoms with Crippen molar-refractivity contribution in [3.8, 4) is 11.1 Å². The van der Waals surface area contributed by atoms with E-state index in [1.54, 1.807) is 0 Å². The molecule has 0 aliphatic rings. The zero-order chi connectivity index (χ0) is 29.0. The number of nitrogens with zero attached hydrogens (tertiary/aromatic N) is 1. The van der Waals surface area contributed by atoms with Gasteiger partial charge in [0.2, 0.25) is 0 Å². The average molecular weight is 562 g/mol. The molecule has 0 spiro atoms. The highest BCUT2D eigenvalue weighted by molar-refractivity contribution is 6.11. The lowest BCUT2D eigenvalue weighted by atomic mass is 9.96. The molecule has 44 heavy (non-hydrogen) atoms. The number of fused-ring (bicyclic) bond motifs is 6. The topological polar surface area (TPSA) is 16.4 Å². The largest absolute Gasteiger partial charge is 0.456 e. The second-order valence-electron chi connectivity index (χ2n) is 11.4. The van der Waals surface area contributed by atoms with E-state index >= 15 is 0 Å². The van der Waals surface area contributed by atoms with E-state index in [0.29, 0.717) is 0 Å². The maximum Gasteiger partial charge on any atom is 0.136 e. The van der Waals surface area contributed by atoms with Crippen LogP contribution in [0.3, 0.4) is 0 Å². The summed E-state index contributed by atoms with van der Waals surface area (Å²) in [6.45, 7) is 0. The molecule has 0 atom stereocenters. The van der Waals surface area contributed by atoms with Crippen molar-refractivity contribution in [2.45, 2.75) is 0 Å². The average Bonchev–Trinajstić information content (AvgIpc) is 3.45. The zero-order valence-corrected chi connectivity index (χ0v) is 23.9. The first-order valence-corrected chi connectivity index (χ1v) is 15.0. The summed E-state index contributed by atoms with van der Waals surface area (Å²) < 4.78 is 6.28. The maximum atomic E-state index is 6.28. The monoisotopic (exact) mass is 561 g/mol. The van der Waals surface area contributed by atoms with Crippen LogP contribution in [0, 0.1) is 0 Å². The van der Waals surface area contributed by atoms with Crippen molar-refractivity contribution in [1.29, 1.82) is 0 Å². The van der Waals surface area contributed by atoms with Crippen molar-refractivity contribution < 1.29 is 4.42 Å². The van der Waals surface area contributed by atoms with Crippen LogP contribution in [0.2, 0.25) is 0 Å². The fraction of sp³-hybridized carbons (Fsp3) is 0. The molecule has 8 aromatic carbocycles. The minimum Gasteiger partial charge on any atom is -0.456 e. The van der Waals surface area contributed by atoms with Gasteiger partial charge in [-0.15, -0.1) is 0 Å². The van der Waals surface area contributed by atoms with Gasteiger partial charge in [-0.2, -0.15) is 0 Å². The van der Waals surface area contributed by atoms with E-state index in [0.717, 1.165) is 44.4 Å². The van der Waals surface area contributed by atoms with Gasteiger partial charge < -0.3 is 9.32 Å². The molecule has 9 rings (SSSR count). The Hall–Kier alpha value is -5.86. The lowest BCUT2D eigenvalue weighted by Gasteiger charge is -2.28. The molecule has 0 fully saturated rings. The van der Waals surface area contributed by atoms with Crippen LogP contribution >= 0.6 is 0 Å². The van der Waals surface area contributed by atoms with Crippen molar-refractivity contribution >= 4 is 71.3 Å². The molecule has 2 nitrogen and oxygen atoms in total. The predicted octanol–water partition coefficient (Wildman–Crippen LogP) is 12.2. The highest BCUT2D eigenvalue weighted by atomic mass is 16.3. The van der Waals surface area contributed by atoms with Crippen LogP contribution in [0.5, 0.6) is 0 Å². The molecule has 0 unspecified atom stereocenters. The standard InChI is InChI=1S/C42H27NO/c1-2-11-29(12-3-1)35-22-23-40(37-15-7-6-14-36(35)37)43(33-20-18-28-10-4-5-13-30(28)24-33)34-21-19-31-26-39-38-16-8-9-17-41(38)44-42(39)27-32(31)25-34/h1-27H. The Morgan fingerprint density at radius 2 is 1.00 bits per heavy atom. The predicted molar refractivity (Wildman–Crippen MR) is 186 cm³/mol. The molecule has 1 heterocycles. The molecule has 1 aromatic heterocycles. The molecule has 0 aliphatic carbocycles. The van der Waals surface area contributed by atoms with Crippen LogP contribution in [0.15, 0.2) is 168 Å². The van der Waals surface area contributed by atoms with Gasteiger partial charge in [-0.1, -0.05) is 115 Å².